The summed E-state index contributed by atoms with van der Waals surface area (Å²) in [6.45, 7) is 5.78. The Morgan fingerprint density at radius 2 is 1.87 bits per heavy atom. The van der Waals surface area contributed by atoms with E-state index in [4.69, 9.17) is 4.74 Å². The molecule has 0 saturated heterocycles. The molecule has 0 spiro atoms. The Balaban J connectivity index is 2.34. The summed E-state index contributed by atoms with van der Waals surface area (Å²) in [6.07, 6.45) is 1.81. The van der Waals surface area contributed by atoms with Crippen LogP contribution in [0.4, 0.5) is 0 Å². The van der Waals surface area contributed by atoms with Gasteiger partial charge in [-0.2, -0.15) is 0 Å². The van der Waals surface area contributed by atoms with Gasteiger partial charge < -0.3 is 9.64 Å². The molecule has 0 saturated carbocycles. The summed E-state index contributed by atoms with van der Waals surface area (Å²) in [5.74, 6) is 0.786. The number of benzene rings is 2. The van der Waals surface area contributed by atoms with Gasteiger partial charge in [-0.25, -0.2) is 0 Å². The Morgan fingerprint density at radius 3 is 2.39 bits per heavy atom. The van der Waals surface area contributed by atoms with Crippen LogP contribution in [0.3, 0.4) is 0 Å². The molecular weight excluding hydrogens is 286 g/mol. The molecular formula is C20H21NO2. The molecule has 0 heterocycles. The van der Waals surface area contributed by atoms with Crippen LogP contribution in [0, 0.1) is 0 Å². The number of nitrogens with zero attached hydrogens (tertiary/aromatic N) is 1. The number of rotatable bonds is 6. The second kappa shape index (κ2) is 8.02. The molecule has 2 aromatic carbocycles. The Kier molecular flexibility index (Phi) is 5.79. The zero-order valence-corrected chi connectivity index (χ0v) is 13.5. The van der Waals surface area contributed by atoms with E-state index < -0.39 is 0 Å². The summed E-state index contributed by atoms with van der Waals surface area (Å²) in [5, 5.41) is 0. The number of hydrogen-bond acceptors (Lipinski definition) is 2. The first-order chi connectivity index (χ1) is 11.2. The molecule has 3 heteroatoms. The first-order valence-corrected chi connectivity index (χ1v) is 7.46. The Hall–Kier alpha value is -2.77. The molecule has 118 valence electrons. The van der Waals surface area contributed by atoms with Crippen molar-refractivity contribution in [2.75, 3.05) is 7.11 Å². The van der Waals surface area contributed by atoms with Gasteiger partial charge in [-0.15, -0.1) is 5.73 Å². The SMILES string of the molecule is C=C=CC(c1ccc(OC)cc1)N(Cc1ccccc1)C(C)=O. The van der Waals surface area contributed by atoms with E-state index in [0.29, 0.717) is 6.54 Å². The third-order valence-electron chi connectivity index (χ3n) is 3.67. The molecule has 23 heavy (non-hydrogen) atoms. The normalized spacial score (nSPS) is 11.2. The van der Waals surface area contributed by atoms with Crippen molar-refractivity contribution >= 4 is 5.91 Å². The summed E-state index contributed by atoms with van der Waals surface area (Å²) in [4.78, 5) is 14.0. The van der Waals surface area contributed by atoms with Crippen molar-refractivity contribution in [3.63, 3.8) is 0 Å². The minimum absolute atomic E-state index is 0.00108. The van der Waals surface area contributed by atoms with E-state index in [1.807, 2.05) is 60.7 Å². The quantitative estimate of drug-likeness (QED) is 0.751. The second-order valence-electron chi connectivity index (χ2n) is 5.22. The van der Waals surface area contributed by atoms with E-state index in [2.05, 4.69) is 12.3 Å². The molecule has 1 atom stereocenters. The van der Waals surface area contributed by atoms with Crippen LogP contribution in [0.5, 0.6) is 5.75 Å². The van der Waals surface area contributed by atoms with E-state index in [-0.39, 0.29) is 11.9 Å². The number of methoxy groups -OCH3 is 1. The summed E-state index contributed by atoms with van der Waals surface area (Å²) in [6, 6.07) is 17.4. The predicted molar refractivity (Wildman–Crippen MR) is 92.1 cm³/mol. The summed E-state index contributed by atoms with van der Waals surface area (Å²) in [5.41, 5.74) is 4.89. The van der Waals surface area contributed by atoms with Gasteiger partial charge in [0.15, 0.2) is 0 Å². The number of hydrogen-bond donors (Lipinski definition) is 0. The zero-order chi connectivity index (χ0) is 16.7. The summed E-state index contributed by atoms with van der Waals surface area (Å²) >= 11 is 0. The lowest BCUT2D eigenvalue weighted by Crippen LogP contribution is -2.31. The molecule has 0 aromatic heterocycles. The molecule has 1 amide bonds. The number of ether oxygens (including phenoxy) is 1. The standard InChI is InChI=1S/C20H21NO2/c1-4-8-20(18-11-13-19(23-3)14-12-18)21(16(2)22)15-17-9-6-5-7-10-17/h5-14,20H,1,15H2,2-3H3. The van der Waals surface area contributed by atoms with Crippen molar-refractivity contribution in [3.8, 4) is 5.75 Å². The first-order valence-electron chi connectivity index (χ1n) is 7.46. The smallest absolute Gasteiger partial charge is 0.220 e. The molecule has 0 N–H and O–H groups in total. The van der Waals surface area contributed by atoms with Gasteiger partial charge in [-0.05, 0) is 29.3 Å². The molecule has 0 aliphatic carbocycles. The van der Waals surface area contributed by atoms with Crippen molar-refractivity contribution in [1.29, 1.82) is 0 Å². The molecule has 0 aliphatic rings. The van der Waals surface area contributed by atoms with E-state index >= 15 is 0 Å². The third-order valence-corrected chi connectivity index (χ3v) is 3.67. The van der Waals surface area contributed by atoms with E-state index in [0.717, 1.165) is 16.9 Å². The van der Waals surface area contributed by atoms with Crippen LogP contribution in [0.2, 0.25) is 0 Å². The maximum Gasteiger partial charge on any atom is 0.220 e. The molecule has 2 aromatic rings. The van der Waals surface area contributed by atoms with Crippen LogP contribution in [0.15, 0.2) is 73.0 Å². The maximum atomic E-state index is 12.2. The van der Waals surface area contributed by atoms with Crippen molar-refractivity contribution in [2.45, 2.75) is 19.5 Å². The average molecular weight is 307 g/mol. The van der Waals surface area contributed by atoms with Crippen molar-refractivity contribution < 1.29 is 9.53 Å². The number of amides is 1. The summed E-state index contributed by atoms with van der Waals surface area (Å²) in [7, 11) is 1.63. The first kappa shape index (κ1) is 16.6. The minimum Gasteiger partial charge on any atom is -0.497 e. The van der Waals surface area contributed by atoms with Crippen LogP contribution < -0.4 is 4.74 Å². The van der Waals surface area contributed by atoms with Crippen LogP contribution in [-0.2, 0) is 11.3 Å². The van der Waals surface area contributed by atoms with E-state index in [9.17, 15) is 4.79 Å². The second-order valence-corrected chi connectivity index (χ2v) is 5.22. The number of carbonyl (C=O) groups is 1. The molecule has 0 radical (unpaired) electrons. The fourth-order valence-electron chi connectivity index (χ4n) is 2.46. The largest absolute Gasteiger partial charge is 0.497 e. The van der Waals surface area contributed by atoms with Gasteiger partial charge in [-0.3, -0.25) is 4.79 Å². The fourth-order valence-corrected chi connectivity index (χ4v) is 2.46. The highest BCUT2D eigenvalue weighted by atomic mass is 16.5. The minimum atomic E-state index is -0.212. The molecule has 1 unspecified atom stereocenters. The van der Waals surface area contributed by atoms with Crippen molar-refractivity contribution in [2.24, 2.45) is 0 Å². The van der Waals surface area contributed by atoms with Crippen molar-refractivity contribution in [3.05, 3.63) is 84.1 Å². The van der Waals surface area contributed by atoms with E-state index in [1.54, 1.807) is 18.9 Å². The molecule has 0 bridgehead atoms. The van der Waals surface area contributed by atoms with E-state index in [1.165, 1.54) is 0 Å². The van der Waals surface area contributed by atoms with Crippen LogP contribution in [0.25, 0.3) is 0 Å². The molecule has 0 aliphatic heterocycles. The van der Waals surface area contributed by atoms with Crippen molar-refractivity contribution in [1.82, 2.24) is 4.90 Å². The van der Waals surface area contributed by atoms with Gasteiger partial charge in [-0.1, -0.05) is 49.0 Å². The van der Waals surface area contributed by atoms with Gasteiger partial charge in [0, 0.05) is 13.5 Å². The predicted octanol–water partition coefficient (Wildman–Crippen LogP) is 4.13. The van der Waals surface area contributed by atoms with Gasteiger partial charge in [0.2, 0.25) is 5.91 Å². The Bertz CT molecular complexity index is 685. The zero-order valence-electron chi connectivity index (χ0n) is 13.5. The van der Waals surface area contributed by atoms with Gasteiger partial charge in [0.05, 0.1) is 13.2 Å². The van der Waals surface area contributed by atoms with Crippen LogP contribution in [-0.4, -0.2) is 17.9 Å². The lowest BCUT2D eigenvalue weighted by Gasteiger charge is -2.29. The van der Waals surface area contributed by atoms with Crippen LogP contribution >= 0.6 is 0 Å². The lowest BCUT2D eigenvalue weighted by molar-refractivity contribution is -0.131. The Labute approximate surface area is 137 Å². The summed E-state index contributed by atoms with van der Waals surface area (Å²) < 4.78 is 5.19. The van der Waals surface area contributed by atoms with Gasteiger partial charge in [0.1, 0.15) is 5.75 Å². The third kappa shape index (κ3) is 4.35. The molecule has 3 nitrogen and oxygen atoms in total. The number of carbonyl (C=O) groups excluding carboxylic acids is 1. The van der Waals surface area contributed by atoms with Gasteiger partial charge >= 0.3 is 0 Å². The molecule has 2 rings (SSSR count). The highest BCUT2D eigenvalue weighted by molar-refractivity contribution is 5.74. The van der Waals surface area contributed by atoms with Gasteiger partial charge in [0.25, 0.3) is 0 Å². The Morgan fingerprint density at radius 1 is 1.22 bits per heavy atom. The highest BCUT2D eigenvalue weighted by Crippen LogP contribution is 2.26. The monoisotopic (exact) mass is 307 g/mol. The average Bonchev–Trinajstić information content (AvgIpc) is 2.59. The topological polar surface area (TPSA) is 29.5 Å². The highest BCUT2D eigenvalue weighted by Gasteiger charge is 2.20. The molecule has 0 fully saturated rings. The fraction of sp³-hybridized carbons (Fsp3) is 0.200. The maximum absolute atomic E-state index is 12.2. The lowest BCUT2D eigenvalue weighted by atomic mass is 10.0. The van der Waals surface area contributed by atoms with Crippen LogP contribution in [0.1, 0.15) is 24.1 Å².